The number of hydrogen-bond donors (Lipinski definition) is 2. The van der Waals surface area contributed by atoms with Gasteiger partial charge in [-0.25, -0.2) is 4.79 Å². The number of piperidine rings is 1. The maximum absolute atomic E-state index is 12.6. The molecule has 7 heteroatoms. The molecular weight excluding hydrogens is 320 g/mol. The second-order valence-corrected chi connectivity index (χ2v) is 7.48. The Morgan fingerprint density at radius 2 is 2.12 bits per heavy atom. The van der Waals surface area contributed by atoms with Gasteiger partial charge in [0.25, 0.3) is 0 Å². The van der Waals surface area contributed by atoms with Gasteiger partial charge in [0.15, 0.2) is 0 Å². The molecule has 0 spiro atoms. The Morgan fingerprint density at radius 3 is 2.72 bits per heavy atom. The number of rotatable bonds is 6. The van der Waals surface area contributed by atoms with Gasteiger partial charge in [-0.1, -0.05) is 27.7 Å². The Bertz CT molecular complexity index is 611. The summed E-state index contributed by atoms with van der Waals surface area (Å²) in [5, 5.41) is 16.6. The van der Waals surface area contributed by atoms with Crippen molar-refractivity contribution < 1.29 is 14.7 Å². The number of nitrogens with zero attached hydrogens (tertiary/aromatic N) is 3. The first-order valence-corrected chi connectivity index (χ1v) is 9.15. The van der Waals surface area contributed by atoms with Crippen molar-refractivity contribution in [3.05, 3.63) is 11.9 Å². The van der Waals surface area contributed by atoms with Crippen LogP contribution in [-0.2, 0) is 17.8 Å². The van der Waals surface area contributed by atoms with Crippen molar-refractivity contribution in [3.63, 3.8) is 0 Å². The number of nitrogens with one attached hydrogen (secondary N) is 1. The molecule has 1 saturated heterocycles. The summed E-state index contributed by atoms with van der Waals surface area (Å²) in [7, 11) is 0. The van der Waals surface area contributed by atoms with Crippen molar-refractivity contribution >= 4 is 17.7 Å². The van der Waals surface area contributed by atoms with Crippen molar-refractivity contribution in [1.82, 2.24) is 14.7 Å². The Labute approximate surface area is 149 Å². The Hall–Kier alpha value is -2.05. The van der Waals surface area contributed by atoms with Crippen molar-refractivity contribution in [3.8, 4) is 0 Å². The number of carboxylic acid groups (broad SMARTS) is 1. The lowest BCUT2D eigenvalue weighted by Gasteiger charge is -2.34. The average Bonchev–Trinajstić information content (AvgIpc) is 2.93. The highest BCUT2D eigenvalue weighted by molar-refractivity contribution is 5.90. The van der Waals surface area contributed by atoms with Crippen LogP contribution in [0.15, 0.2) is 6.20 Å². The summed E-state index contributed by atoms with van der Waals surface area (Å²) in [6.45, 7) is 10.0. The Morgan fingerprint density at radius 1 is 1.40 bits per heavy atom. The topological polar surface area (TPSA) is 87.5 Å². The zero-order valence-electron chi connectivity index (χ0n) is 15.7. The summed E-state index contributed by atoms with van der Waals surface area (Å²) in [6, 6.07) is -0.240. The van der Waals surface area contributed by atoms with Gasteiger partial charge in [0.05, 0.1) is 23.5 Å². The highest BCUT2D eigenvalue weighted by Gasteiger charge is 2.32. The fourth-order valence-corrected chi connectivity index (χ4v) is 3.35. The van der Waals surface area contributed by atoms with E-state index >= 15 is 0 Å². The summed E-state index contributed by atoms with van der Waals surface area (Å²) >= 11 is 0. The fourth-order valence-electron chi connectivity index (χ4n) is 3.35. The number of aliphatic carboxylic acids is 1. The van der Waals surface area contributed by atoms with E-state index in [4.69, 9.17) is 0 Å². The number of anilines is 1. The smallest absolute Gasteiger partial charge is 0.321 e. The van der Waals surface area contributed by atoms with Gasteiger partial charge >= 0.3 is 12.0 Å². The van der Waals surface area contributed by atoms with Gasteiger partial charge in [-0.05, 0) is 31.1 Å². The van der Waals surface area contributed by atoms with E-state index in [0.717, 1.165) is 30.8 Å². The van der Waals surface area contributed by atoms with E-state index in [1.165, 1.54) is 0 Å². The number of aryl methyl sites for hydroxylation is 1. The van der Waals surface area contributed by atoms with Crippen LogP contribution in [-0.4, -0.2) is 44.9 Å². The van der Waals surface area contributed by atoms with Gasteiger partial charge in [-0.3, -0.25) is 9.48 Å². The van der Waals surface area contributed by atoms with E-state index in [9.17, 15) is 14.7 Å². The number of hydrogen-bond acceptors (Lipinski definition) is 3. The molecule has 2 atom stereocenters. The van der Waals surface area contributed by atoms with Crippen molar-refractivity contribution in [1.29, 1.82) is 0 Å². The fraction of sp³-hybridized carbons (Fsp3) is 0.722. The van der Waals surface area contributed by atoms with E-state index in [2.05, 4.69) is 24.3 Å². The number of likely N-dealkylation sites (tertiary alicyclic amines) is 1. The van der Waals surface area contributed by atoms with Gasteiger partial charge in [0.2, 0.25) is 0 Å². The van der Waals surface area contributed by atoms with Crippen LogP contribution in [0.3, 0.4) is 0 Å². The maximum atomic E-state index is 12.6. The predicted octanol–water partition coefficient (Wildman–Crippen LogP) is 3.07. The molecule has 1 aromatic rings. The first-order valence-electron chi connectivity index (χ1n) is 9.15. The van der Waals surface area contributed by atoms with E-state index in [-0.39, 0.29) is 18.5 Å². The molecule has 2 amide bonds. The quantitative estimate of drug-likeness (QED) is 0.825. The third-order valence-corrected chi connectivity index (χ3v) is 4.74. The third kappa shape index (κ3) is 4.96. The number of amides is 2. The molecule has 0 aliphatic carbocycles. The van der Waals surface area contributed by atoms with Crippen LogP contribution in [0.4, 0.5) is 10.5 Å². The van der Waals surface area contributed by atoms with Crippen LogP contribution in [0.2, 0.25) is 0 Å². The molecule has 2 unspecified atom stereocenters. The third-order valence-electron chi connectivity index (χ3n) is 4.74. The molecule has 2 N–H and O–H groups in total. The highest BCUT2D eigenvalue weighted by Crippen LogP contribution is 2.23. The molecule has 1 aliphatic rings. The second-order valence-electron chi connectivity index (χ2n) is 7.48. The van der Waals surface area contributed by atoms with Crippen molar-refractivity contribution in [2.45, 2.75) is 53.5 Å². The van der Waals surface area contributed by atoms with Gasteiger partial charge in [0.1, 0.15) is 0 Å². The van der Waals surface area contributed by atoms with E-state index < -0.39 is 11.9 Å². The summed E-state index contributed by atoms with van der Waals surface area (Å²) in [5.41, 5.74) is 1.73. The lowest BCUT2D eigenvalue weighted by molar-refractivity contribution is -0.143. The monoisotopic (exact) mass is 350 g/mol. The molecule has 1 aliphatic heterocycles. The van der Waals surface area contributed by atoms with Crippen molar-refractivity contribution in [2.75, 3.05) is 18.4 Å². The summed E-state index contributed by atoms with van der Waals surface area (Å²) < 4.78 is 1.95. The molecule has 0 aromatic carbocycles. The Balaban J connectivity index is 2.05. The first kappa shape index (κ1) is 19.3. The lowest BCUT2D eigenvalue weighted by Crippen LogP contribution is -2.47. The van der Waals surface area contributed by atoms with Gasteiger partial charge in [0, 0.05) is 19.6 Å². The summed E-state index contributed by atoms with van der Waals surface area (Å²) in [6.07, 6.45) is 4.12. The zero-order chi connectivity index (χ0) is 18.6. The number of carbonyl (C=O) groups is 2. The van der Waals surface area contributed by atoms with Crippen LogP contribution in [0.1, 0.15) is 46.2 Å². The molecular formula is C18H30N4O3. The molecule has 25 heavy (non-hydrogen) atoms. The highest BCUT2D eigenvalue weighted by atomic mass is 16.4. The molecule has 0 saturated carbocycles. The average molecular weight is 350 g/mol. The number of urea groups is 1. The molecule has 2 rings (SSSR count). The van der Waals surface area contributed by atoms with Crippen molar-refractivity contribution in [2.24, 2.45) is 17.8 Å². The standard InChI is InChI=1S/C18H30N4O3/c1-5-16-15(9-19-22(16)7-6-12(2)3)20-18(25)21-10-13(4)8-14(11-21)17(23)24/h9,12-14H,5-8,10-11H2,1-4H3,(H,20,25)(H,23,24). The second kappa shape index (κ2) is 8.36. The molecule has 140 valence electrons. The molecule has 1 fully saturated rings. The minimum Gasteiger partial charge on any atom is -0.481 e. The van der Waals surface area contributed by atoms with Gasteiger partial charge < -0.3 is 15.3 Å². The van der Waals surface area contributed by atoms with E-state index in [1.807, 2.05) is 18.5 Å². The minimum absolute atomic E-state index is 0.181. The first-order chi connectivity index (χ1) is 11.8. The van der Waals surface area contributed by atoms with Crippen LogP contribution >= 0.6 is 0 Å². The molecule has 2 heterocycles. The van der Waals surface area contributed by atoms with E-state index in [1.54, 1.807) is 11.1 Å². The zero-order valence-corrected chi connectivity index (χ0v) is 15.7. The number of carboxylic acids is 1. The predicted molar refractivity (Wildman–Crippen MR) is 96.6 cm³/mol. The number of aromatic nitrogens is 2. The molecule has 0 radical (unpaired) electrons. The van der Waals surface area contributed by atoms with Gasteiger partial charge in [-0.2, -0.15) is 5.10 Å². The molecule has 1 aromatic heterocycles. The SMILES string of the molecule is CCc1c(NC(=O)N2CC(C)CC(C(=O)O)C2)cnn1CCC(C)C. The maximum Gasteiger partial charge on any atom is 0.321 e. The lowest BCUT2D eigenvalue weighted by atomic mass is 9.91. The normalized spacial score (nSPS) is 20.8. The summed E-state index contributed by atoms with van der Waals surface area (Å²) in [5.74, 6) is -0.552. The molecule has 0 bridgehead atoms. The van der Waals surface area contributed by atoms with Gasteiger partial charge in [-0.15, -0.1) is 0 Å². The van der Waals surface area contributed by atoms with Crippen LogP contribution in [0, 0.1) is 17.8 Å². The van der Waals surface area contributed by atoms with Crippen LogP contribution in [0.5, 0.6) is 0 Å². The Kier molecular flexibility index (Phi) is 6.45. The molecule has 7 nitrogen and oxygen atoms in total. The minimum atomic E-state index is -0.833. The summed E-state index contributed by atoms with van der Waals surface area (Å²) in [4.78, 5) is 25.5. The van der Waals surface area contributed by atoms with E-state index in [0.29, 0.717) is 18.9 Å². The van der Waals surface area contributed by atoms with Crippen LogP contribution < -0.4 is 5.32 Å². The largest absolute Gasteiger partial charge is 0.481 e. The van der Waals surface area contributed by atoms with Crippen LogP contribution in [0.25, 0.3) is 0 Å². The number of carbonyl (C=O) groups excluding carboxylic acids is 1.